The molecule has 2 aromatic carbocycles. The van der Waals surface area contributed by atoms with Crippen LogP contribution in [0.15, 0.2) is 30.3 Å². The first-order chi connectivity index (χ1) is 14.3. The molecule has 2 amide bonds. The number of benzene rings is 2. The number of likely N-dealkylation sites (tertiary alicyclic amines) is 1. The standard InChI is InChI=1S/C23H24F2N2O3/c1-13-5-6-15(10-19(13)24)16-8-17-9-18(30-22(17)20(25)11-16)12-26-23(29)21-4-3-7-27(21)14(2)28/h5-6,8,10-11,18,21H,3-4,7,9,12H2,1-2H3,(H,26,29)/t18?,21-/m0/s1. The van der Waals surface area contributed by atoms with Gasteiger partial charge in [0.05, 0.1) is 6.54 Å². The normalized spacial score (nSPS) is 20.1. The summed E-state index contributed by atoms with van der Waals surface area (Å²) in [5.74, 6) is -0.984. The molecule has 2 aromatic rings. The summed E-state index contributed by atoms with van der Waals surface area (Å²) in [5, 5.41) is 2.84. The second-order valence-corrected chi connectivity index (χ2v) is 7.97. The molecule has 2 atom stereocenters. The van der Waals surface area contributed by atoms with E-state index in [0.29, 0.717) is 41.6 Å². The summed E-state index contributed by atoms with van der Waals surface area (Å²) in [6.45, 7) is 3.95. The summed E-state index contributed by atoms with van der Waals surface area (Å²) in [6, 6.07) is 7.51. The zero-order valence-corrected chi connectivity index (χ0v) is 17.0. The molecule has 0 bridgehead atoms. The Bertz CT molecular complexity index is 1010. The van der Waals surface area contributed by atoms with E-state index < -0.39 is 18.0 Å². The third-order valence-corrected chi connectivity index (χ3v) is 5.82. The molecule has 4 rings (SSSR count). The van der Waals surface area contributed by atoms with Crippen LogP contribution in [-0.2, 0) is 16.0 Å². The molecule has 0 radical (unpaired) electrons. The first kappa shape index (κ1) is 20.3. The molecule has 30 heavy (non-hydrogen) atoms. The van der Waals surface area contributed by atoms with E-state index in [9.17, 15) is 18.4 Å². The summed E-state index contributed by atoms with van der Waals surface area (Å²) in [6.07, 6.45) is 1.49. The van der Waals surface area contributed by atoms with Crippen molar-refractivity contribution in [3.05, 3.63) is 53.1 Å². The number of hydrogen-bond donors (Lipinski definition) is 1. The number of fused-ring (bicyclic) bond motifs is 1. The van der Waals surface area contributed by atoms with Gasteiger partial charge in [-0.25, -0.2) is 8.78 Å². The van der Waals surface area contributed by atoms with Crippen molar-refractivity contribution in [2.24, 2.45) is 0 Å². The van der Waals surface area contributed by atoms with E-state index in [0.717, 1.165) is 6.42 Å². The summed E-state index contributed by atoms with van der Waals surface area (Å²) in [7, 11) is 0. The molecule has 0 saturated carbocycles. The van der Waals surface area contributed by atoms with Crippen LogP contribution in [0.4, 0.5) is 8.78 Å². The SMILES string of the molecule is CC(=O)N1CCC[C@H]1C(=O)NCC1Cc2cc(-c3ccc(C)c(F)c3)cc(F)c2O1. The van der Waals surface area contributed by atoms with Crippen LogP contribution in [0.3, 0.4) is 0 Å². The fraction of sp³-hybridized carbons (Fsp3) is 0.391. The largest absolute Gasteiger partial charge is 0.485 e. The third-order valence-electron chi connectivity index (χ3n) is 5.82. The summed E-state index contributed by atoms with van der Waals surface area (Å²) >= 11 is 0. The quantitative estimate of drug-likeness (QED) is 0.835. The number of amides is 2. The Morgan fingerprint density at radius 2 is 1.93 bits per heavy atom. The lowest BCUT2D eigenvalue weighted by Gasteiger charge is -2.23. The molecular weight excluding hydrogens is 390 g/mol. The van der Waals surface area contributed by atoms with Crippen molar-refractivity contribution >= 4 is 11.8 Å². The van der Waals surface area contributed by atoms with E-state index in [1.165, 1.54) is 19.1 Å². The van der Waals surface area contributed by atoms with Crippen LogP contribution < -0.4 is 10.1 Å². The number of halogens is 2. The van der Waals surface area contributed by atoms with Crippen LogP contribution in [0.1, 0.15) is 30.9 Å². The molecule has 2 aliphatic heterocycles. The van der Waals surface area contributed by atoms with Gasteiger partial charge in [0.2, 0.25) is 11.8 Å². The highest BCUT2D eigenvalue weighted by Crippen LogP contribution is 2.36. The van der Waals surface area contributed by atoms with Crippen molar-refractivity contribution in [1.29, 1.82) is 0 Å². The van der Waals surface area contributed by atoms with Gasteiger partial charge in [-0.05, 0) is 54.7 Å². The number of ether oxygens (including phenoxy) is 1. The van der Waals surface area contributed by atoms with Gasteiger partial charge in [0.1, 0.15) is 18.0 Å². The third kappa shape index (κ3) is 3.88. The number of nitrogens with one attached hydrogen (secondary N) is 1. The molecule has 0 aliphatic carbocycles. The van der Waals surface area contributed by atoms with Crippen LogP contribution in [0.2, 0.25) is 0 Å². The van der Waals surface area contributed by atoms with Gasteiger partial charge in [-0.2, -0.15) is 0 Å². The highest BCUT2D eigenvalue weighted by atomic mass is 19.1. The highest BCUT2D eigenvalue weighted by molar-refractivity contribution is 5.87. The van der Waals surface area contributed by atoms with Crippen molar-refractivity contribution in [2.75, 3.05) is 13.1 Å². The number of aryl methyl sites for hydroxylation is 1. The van der Waals surface area contributed by atoms with Crippen LogP contribution in [0, 0.1) is 18.6 Å². The lowest BCUT2D eigenvalue weighted by molar-refractivity contribution is -0.137. The van der Waals surface area contributed by atoms with E-state index in [4.69, 9.17) is 4.74 Å². The molecule has 7 heteroatoms. The zero-order valence-electron chi connectivity index (χ0n) is 17.0. The average molecular weight is 414 g/mol. The Labute approximate surface area is 174 Å². The van der Waals surface area contributed by atoms with E-state index >= 15 is 0 Å². The summed E-state index contributed by atoms with van der Waals surface area (Å²) in [5.41, 5.74) is 2.41. The van der Waals surface area contributed by atoms with Crippen molar-refractivity contribution in [1.82, 2.24) is 10.2 Å². The first-order valence-corrected chi connectivity index (χ1v) is 10.1. The van der Waals surface area contributed by atoms with Gasteiger partial charge in [-0.15, -0.1) is 0 Å². The van der Waals surface area contributed by atoms with Gasteiger partial charge in [0.15, 0.2) is 11.6 Å². The van der Waals surface area contributed by atoms with E-state index in [-0.39, 0.29) is 29.9 Å². The van der Waals surface area contributed by atoms with E-state index in [2.05, 4.69) is 5.32 Å². The smallest absolute Gasteiger partial charge is 0.242 e. The van der Waals surface area contributed by atoms with Gasteiger partial charge in [0.25, 0.3) is 0 Å². The fourth-order valence-corrected chi connectivity index (χ4v) is 4.19. The molecule has 5 nitrogen and oxygen atoms in total. The molecule has 2 aliphatic rings. The van der Waals surface area contributed by atoms with Crippen molar-refractivity contribution in [3.8, 4) is 16.9 Å². The minimum absolute atomic E-state index is 0.112. The topological polar surface area (TPSA) is 58.6 Å². The Balaban J connectivity index is 1.43. The van der Waals surface area contributed by atoms with Gasteiger partial charge >= 0.3 is 0 Å². The molecular formula is C23H24F2N2O3. The first-order valence-electron chi connectivity index (χ1n) is 10.1. The van der Waals surface area contributed by atoms with Crippen molar-refractivity contribution < 1.29 is 23.1 Å². The van der Waals surface area contributed by atoms with Crippen LogP contribution in [0.25, 0.3) is 11.1 Å². The van der Waals surface area contributed by atoms with Crippen LogP contribution in [-0.4, -0.2) is 41.9 Å². The maximum atomic E-state index is 14.6. The van der Waals surface area contributed by atoms with Gasteiger partial charge in [0, 0.05) is 25.5 Å². The second-order valence-electron chi connectivity index (χ2n) is 7.97. The molecule has 1 fully saturated rings. The second kappa shape index (κ2) is 8.05. The number of hydrogen-bond acceptors (Lipinski definition) is 3. The van der Waals surface area contributed by atoms with Crippen molar-refractivity contribution in [3.63, 3.8) is 0 Å². The molecule has 0 spiro atoms. The molecule has 1 saturated heterocycles. The summed E-state index contributed by atoms with van der Waals surface area (Å²) in [4.78, 5) is 25.7. The van der Waals surface area contributed by atoms with Gasteiger partial charge in [-0.1, -0.05) is 12.1 Å². The lowest BCUT2D eigenvalue weighted by Crippen LogP contribution is -2.47. The fourth-order valence-electron chi connectivity index (χ4n) is 4.19. The van der Waals surface area contributed by atoms with E-state index in [1.54, 1.807) is 30.0 Å². The average Bonchev–Trinajstić information content (AvgIpc) is 3.35. The Morgan fingerprint density at radius 1 is 1.17 bits per heavy atom. The van der Waals surface area contributed by atoms with Crippen LogP contribution >= 0.6 is 0 Å². The maximum Gasteiger partial charge on any atom is 0.242 e. The predicted octanol–water partition coefficient (Wildman–Crippen LogP) is 3.37. The zero-order chi connectivity index (χ0) is 21.4. The number of carbonyl (C=O) groups excluding carboxylic acids is 2. The molecule has 1 N–H and O–H groups in total. The minimum Gasteiger partial charge on any atom is -0.485 e. The molecule has 0 aromatic heterocycles. The number of carbonyl (C=O) groups is 2. The number of rotatable bonds is 4. The van der Waals surface area contributed by atoms with Crippen molar-refractivity contribution in [2.45, 2.75) is 45.3 Å². The van der Waals surface area contributed by atoms with E-state index in [1.807, 2.05) is 0 Å². The predicted molar refractivity (Wildman–Crippen MR) is 108 cm³/mol. The Morgan fingerprint density at radius 3 is 2.67 bits per heavy atom. The van der Waals surface area contributed by atoms with Crippen LogP contribution in [0.5, 0.6) is 5.75 Å². The molecule has 158 valence electrons. The number of nitrogens with zero attached hydrogens (tertiary/aromatic N) is 1. The highest BCUT2D eigenvalue weighted by Gasteiger charge is 2.33. The van der Waals surface area contributed by atoms with Gasteiger partial charge in [-0.3, -0.25) is 9.59 Å². The Kier molecular flexibility index (Phi) is 5.45. The summed E-state index contributed by atoms with van der Waals surface area (Å²) < 4.78 is 34.2. The molecule has 1 unspecified atom stereocenters. The monoisotopic (exact) mass is 414 g/mol. The Hall–Kier alpha value is -2.96. The maximum absolute atomic E-state index is 14.6. The minimum atomic E-state index is -0.504. The molecule has 2 heterocycles. The lowest BCUT2D eigenvalue weighted by atomic mass is 9.99. The van der Waals surface area contributed by atoms with Gasteiger partial charge < -0.3 is 15.0 Å².